The van der Waals surface area contributed by atoms with Crippen LogP contribution in [0.25, 0.3) is 13.2 Å². The summed E-state index contributed by atoms with van der Waals surface area (Å²) in [4.78, 5) is 6.02. The fraction of sp³-hybridized carbons (Fsp3) is 0.538. The summed E-state index contributed by atoms with van der Waals surface area (Å²) < 4.78 is 0. The molecule has 1 aromatic rings. The Kier molecular flexibility index (Phi) is 1.99. The van der Waals surface area contributed by atoms with E-state index in [0.717, 1.165) is 17.0 Å². The van der Waals surface area contributed by atoms with Crippen LogP contribution in [0.4, 0.5) is 0 Å². The number of H-pyrrole nitrogens is 1. The van der Waals surface area contributed by atoms with Gasteiger partial charge in [0.1, 0.15) is 0 Å². The van der Waals surface area contributed by atoms with Crippen molar-refractivity contribution in [3.63, 3.8) is 0 Å². The van der Waals surface area contributed by atoms with Crippen LogP contribution in [-0.4, -0.2) is 23.0 Å². The molecule has 1 fully saturated rings. The van der Waals surface area contributed by atoms with Crippen molar-refractivity contribution < 1.29 is 0 Å². The van der Waals surface area contributed by atoms with E-state index in [1.165, 1.54) is 43.6 Å². The maximum Gasteiger partial charge on any atom is 0.0380 e. The number of hydrogen-bond donors (Lipinski definition) is 1. The zero-order chi connectivity index (χ0) is 10.4. The first kappa shape index (κ1) is 9.22. The third kappa shape index (κ3) is 1.28. The van der Waals surface area contributed by atoms with Gasteiger partial charge in [-0.2, -0.15) is 0 Å². The summed E-state index contributed by atoms with van der Waals surface area (Å²) in [5.41, 5.74) is 2.86. The van der Waals surface area contributed by atoms with Crippen LogP contribution >= 0.6 is 0 Å². The van der Waals surface area contributed by atoms with Gasteiger partial charge >= 0.3 is 0 Å². The second-order valence-electron chi connectivity index (χ2n) is 4.77. The van der Waals surface area contributed by atoms with Crippen molar-refractivity contribution in [3.8, 4) is 0 Å². The zero-order valence-electron chi connectivity index (χ0n) is 9.18. The molecular formula is C13H18N2. The lowest BCUT2D eigenvalue weighted by Crippen LogP contribution is -2.40. The van der Waals surface area contributed by atoms with Gasteiger partial charge in [-0.1, -0.05) is 19.6 Å². The van der Waals surface area contributed by atoms with Crippen LogP contribution in [0, 0.1) is 0 Å². The average Bonchev–Trinajstić information content (AvgIpc) is 2.55. The van der Waals surface area contributed by atoms with Crippen LogP contribution in [-0.2, 0) is 6.42 Å². The molecule has 0 saturated carbocycles. The molecule has 2 nitrogen and oxygen atoms in total. The van der Waals surface area contributed by atoms with Gasteiger partial charge in [0.15, 0.2) is 0 Å². The van der Waals surface area contributed by atoms with E-state index in [9.17, 15) is 0 Å². The van der Waals surface area contributed by atoms with Gasteiger partial charge < -0.3 is 4.98 Å². The molecule has 80 valence electrons. The Hall–Kier alpha value is -1.02. The molecule has 0 aliphatic carbocycles. The summed E-state index contributed by atoms with van der Waals surface area (Å²) in [6, 6.07) is 0.627. The number of nitrogens with zero attached hydrogens (tertiary/aromatic N) is 1. The molecule has 1 saturated heterocycles. The van der Waals surface area contributed by atoms with Crippen LogP contribution in [0.5, 0.6) is 0 Å². The number of rotatable bonds is 0. The third-order valence-corrected chi connectivity index (χ3v) is 3.91. The summed E-state index contributed by atoms with van der Waals surface area (Å²) in [5.74, 6) is 0. The Morgan fingerprint density at radius 1 is 1.20 bits per heavy atom. The molecule has 0 aromatic carbocycles. The summed E-state index contributed by atoms with van der Waals surface area (Å²) in [6.45, 7) is 10.7. The molecule has 0 amide bonds. The molecule has 1 aromatic heterocycles. The van der Waals surface area contributed by atoms with Crippen molar-refractivity contribution in [1.29, 1.82) is 0 Å². The third-order valence-electron chi connectivity index (χ3n) is 3.91. The first-order valence-corrected chi connectivity index (χ1v) is 5.90. The topological polar surface area (TPSA) is 19.0 Å². The minimum atomic E-state index is 0.627. The van der Waals surface area contributed by atoms with Crippen LogP contribution in [0.3, 0.4) is 0 Å². The van der Waals surface area contributed by atoms with Crippen molar-refractivity contribution >= 4 is 13.2 Å². The molecule has 3 rings (SSSR count). The molecule has 1 N–H and O–H groups in total. The molecule has 0 spiro atoms. The molecule has 2 heteroatoms. The fourth-order valence-electron chi connectivity index (χ4n) is 3.11. The number of aromatic amines is 1. The molecule has 15 heavy (non-hydrogen) atoms. The summed E-state index contributed by atoms with van der Waals surface area (Å²) >= 11 is 0. The highest BCUT2D eigenvalue weighted by Gasteiger charge is 2.30. The van der Waals surface area contributed by atoms with Crippen molar-refractivity contribution in [2.75, 3.05) is 13.1 Å². The summed E-state index contributed by atoms with van der Waals surface area (Å²) in [5, 5.41) is 2.18. The SMILES string of the molecule is C=c1[nH]c2c(c1=C)C1CCCCN1CC2. The number of fused-ring (bicyclic) bond motifs is 3. The molecule has 0 radical (unpaired) electrons. The van der Waals surface area contributed by atoms with Gasteiger partial charge in [-0.15, -0.1) is 0 Å². The number of piperidine rings is 1. The largest absolute Gasteiger partial charge is 0.359 e. The van der Waals surface area contributed by atoms with Crippen molar-refractivity contribution in [3.05, 3.63) is 21.8 Å². The first-order chi connectivity index (χ1) is 7.27. The van der Waals surface area contributed by atoms with Crippen molar-refractivity contribution in [1.82, 2.24) is 9.88 Å². The fourth-order valence-corrected chi connectivity index (χ4v) is 3.11. The summed E-state index contributed by atoms with van der Waals surface area (Å²) in [7, 11) is 0. The predicted octanol–water partition coefficient (Wildman–Crippen LogP) is 0.918. The van der Waals surface area contributed by atoms with Crippen molar-refractivity contribution in [2.45, 2.75) is 31.7 Å². The Labute approximate surface area is 90.3 Å². The second kappa shape index (κ2) is 3.24. The van der Waals surface area contributed by atoms with Crippen LogP contribution in [0.15, 0.2) is 0 Å². The molecular weight excluding hydrogens is 184 g/mol. The zero-order valence-corrected chi connectivity index (χ0v) is 9.18. The highest BCUT2D eigenvalue weighted by atomic mass is 15.2. The van der Waals surface area contributed by atoms with E-state index in [2.05, 4.69) is 23.0 Å². The van der Waals surface area contributed by atoms with Gasteiger partial charge in [-0.25, -0.2) is 0 Å². The second-order valence-corrected chi connectivity index (χ2v) is 4.77. The normalized spacial score (nSPS) is 26.0. The standard InChI is InChI=1S/C13H18N2/c1-9-10(2)14-11-6-8-15-7-4-3-5-12(15)13(9)11/h12,14H,1-8H2. The molecule has 1 unspecified atom stereocenters. The molecule has 1 atom stereocenters. The predicted molar refractivity (Wildman–Crippen MR) is 63.0 cm³/mol. The Morgan fingerprint density at radius 3 is 2.93 bits per heavy atom. The number of nitrogens with one attached hydrogen (secondary N) is 1. The lowest BCUT2D eigenvalue weighted by Gasteiger charge is -2.39. The Bertz CT molecular complexity index is 471. The highest BCUT2D eigenvalue weighted by Crippen LogP contribution is 2.33. The van der Waals surface area contributed by atoms with E-state index in [1.54, 1.807) is 0 Å². The molecule has 0 bridgehead atoms. The van der Waals surface area contributed by atoms with Gasteiger partial charge in [-0.3, -0.25) is 4.90 Å². The quantitative estimate of drug-likeness (QED) is 0.663. The van der Waals surface area contributed by atoms with Gasteiger partial charge in [0.05, 0.1) is 0 Å². The Morgan fingerprint density at radius 2 is 2.07 bits per heavy atom. The van der Waals surface area contributed by atoms with E-state index in [-0.39, 0.29) is 0 Å². The van der Waals surface area contributed by atoms with Gasteiger partial charge in [0.25, 0.3) is 0 Å². The molecule has 2 aliphatic rings. The van der Waals surface area contributed by atoms with Crippen LogP contribution in [0.2, 0.25) is 0 Å². The smallest absolute Gasteiger partial charge is 0.0380 e. The maximum atomic E-state index is 4.16. The van der Waals surface area contributed by atoms with Crippen LogP contribution < -0.4 is 10.6 Å². The first-order valence-electron chi connectivity index (χ1n) is 5.90. The Balaban J connectivity index is 2.13. The lowest BCUT2D eigenvalue weighted by molar-refractivity contribution is 0.137. The average molecular weight is 202 g/mol. The summed E-state index contributed by atoms with van der Waals surface area (Å²) in [6.07, 6.45) is 5.16. The molecule has 3 heterocycles. The minimum Gasteiger partial charge on any atom is -0.359 e. The lowest BCUT2D eigenvalue weighted by atomic mass is 9.90. The highest BCUT2D eigenvalue weighted by molar-refractivity contribution is 5.33. The number of hydrogen-bond acceptors (Lipinski definition) is 1. The number of aromatic nitrogens is 1. The van der Waals surface area contributed by atoms with Crippen molar-refractivity contribution in [2.24, 2.45) is 0 Å². The van der Waals surface area contributed by atoms with Gasteiger partial charge in [-0.05, 0) is 30.2 Å². The molecule has 2 aliphatic heterocycles. The van der Waals surface area contributed by atoms with E-state index in [1.807, 2.05) is 0 Å². The van der Waals surface area contributed by atoms with Gasteiger partial charge in [0.2, 0.25) is 0 Å². The van der Waals surface area contributed by atoms with E-state index < -0.39 is 0 Å². The van der Waals surface area contributed by atoms with E-state index >= 15 is 0 Å². The van der Waals surface area contributed by atoms with Gasteiger partial charge in [0, 0.05) is 30.1 Å². The monoisotopic (exact) mass is 202 g/mol. The maximum absolute atomic E-state index is 4.16. The van der Waals surface area contributed by atoms with Crippen LogP contribution in [0.1, 0.15) is 36.6 Å². The van der Waals surface area contributed by atoms with E-state index in [4.69, 9.17) is 0 Å². The van der Waals surface area contributed by atoms with E-state index in [0.29, 0.717) is 6.04 Å². The minimum absolute atomic E-state index is 0.627.